The number of ether oxygens (including phenoxy) is 1. The van der Waals surface area contributed by atoms with Crippen LogP contribution >= 0.6 is 0 Å². The predicted octanol–water partition coefficient (Wildman–Crippen LogP) is 1.16. The first-order valence-electron chi connectivity index (χ1n) is 8.62. The molecule has 10 heteroatoms. The zero-order chi connectivity index (χ0) is 24.7. The number of nitrogens with zero attached hydrogens (tertiary/aromatic N) is 4. The predicted molar refractivity (Wildman–Crippen MR) is 121 cm³/mol. The zero-order valence-electron chi connectivity index (χ0n) is 21.2. The van der Waals surface area contributed by atoms with Crippen LogP contribution in [0, 0.1) is 0 Å². The van der Waals surface area contributed by atoms with Crippen molar-refractivity contribution in [1.82, 2.24) is 19.0 Å². The number of hydrogen-bond acceptors (Lipinski definition) is 6. The van der Waals surface area contributed by atoms with E-state index in [1.807, 2.05) is 39.9 Å². The standard InChI is InChI=1S/2C4H9NO.C3H9NO2S.C3H9N.C2H6O.C2H6/c2*1-4(6)5(2)3;1-4(2)7(3,5)6;1-4(2)3;1-3-2;1-2/h2*1-3H3;1-3H3;1-3H3;1-2H3;1-2H3. The maximum atomic E-state index is 10.3. The topological polar surface area (TPSA) is 90.5 Å². The van der Waals surface area contributed by atoms with E-state index in [2.05, 4.69) is 4.74 Å². The van der Waals surface area contributed by atoms with Gasteiger partial charge in [0.05, 0.1) is 6.26 Å². The summed E-state index contributed by atoms with van der Waals surface area (Å²) in [6.45, 7) is 7.06. The number of hydrogen-bond donors (Lipinski definition) is 0. The number of sulfonamides is 1. The largest absolute Gasteiger partial charge is 0.388 e. The number of methoxy groups -OCH3 is 1. The second kappa shape index (κ2) is 28.0. The van der Waals surface area contributed by atoms with Crippen LogP contribution in [-0.2, 0) is 24.3 Å². The van der Waals surface area contributed by atoms with Crippen molar-refractivity contribution < 1.29 is 22.7 Å². The molecule has 0 N–H and O–H groups in total. The fourth-order valence-corrected chi connectivity index (χ4v) is 0. The van der Waals surface area contributed by atoms with Gasteiger partial charge < -0.3 is 19.4 Å². The van der Waals surface area contributed by atoms with Crippen LogP contribution in [0.1, 0.15) is 27.7 Å². The molecular formula is C18H48N4O5S. The van der Waals surface area contributed by atoms with Crippen LogP contribution < -0.4 is 0 Å². The van der Waals surface area contributed by atoms with E-state index >= 15 is 0 Å². The first kappa shape index (κ1) is 41.2. The normalized spacial score (nSPS) is 8.64. The Morgan fingerprint density at radius 2 is 0.750 bits per heavy atom. The van der Waals surface area contributed by atoms with Crippen LogP contribution in [0.2, 0.25) is 0 Å². The van der Waals surface area contributed by atoms with E-state index in [9.17, 15) is 18.0 Å². The molecule has 0 aliphatic carbocycles. The Balaban J connectivity index is -0.0000000541. The summed E-state index contributed by atoms with van der Waals surface area (Å²) in [6.07, 6.45) is 1.16. The van der Waals surface area contributed by atoms with E-state index in [-0.39, 0.29) is 11.8 Å². The fraction of sp³-hybridized carbons (Fsp3) is 0.889. The Hall–Kier alpha value is -1.23. The van der Waals surface area contributed by atoms with Gasteiger partial charge in [-0.25, -0.2) is 12.7 Å². The third-order valence-corrected chi connectivity index (χ3v) is 3.25. The first-order valence-corrected chi connectivity index (χ1v) is 10.5. The maximum absolute atomic E-state index is 10.3. The van der Waals surface area contributed by atoms with E-state index in [0.717, 1.165) is 10.6 Å². The monoisotopic (exact) mass is 432 g/mol. The van der Waals surface area contributed by atoms with Crippen LogP contribution in [0.5, 0.6) is 0 Å². The molecule has 0 atom stereocenters. The van der Waals surface area contributed by atoms with Crippen molar-refractivity contribution in [3.8, 4) is 0 Å². The molecule has 176 valence electrons. The molecule has 0 heterocycles. The van der Waals surface area contributed by atoms with Crippen molar-refractivity contribution >= 4 is 21.8 Å². The van der Waals surface area contributed by atoms with E-state index in [1.165, 1.54) is 37.7 Å². The molecule has 0 bridgehead atoms. The average molecular weight is 433 g/mol. The van der Waals surface area contributed by atoms with Crippen LogP contribution in [0.15, 0.2) is 0 Å². The minimum Gasteiger partial charge on any atom is -0.388 e. The van der Waals surface area contributed by atoms with E-state index in [0.29, 0.717) is 0 Å². The second-order valence-corrected chi connectivity index (χ2v) is 8.32. The molecule has 2 amide bonds. The summed E-state index contributed by atoms with van der Waals surface area (Å²) in [6, 6.07) is 0. The highest BCUT2D eigenvalue weighted by Crippen LogP contribution is 1.83. The van der Waals surface area contributed by atoms with Gasteiger partial charge >= 0.3 is 0 Å². The molecule has 0 aliphatic rings. The Morgan fingerprint density at radius 1 is 0.679 bits per heavy atom. The molecule has 9 nitrogen and oxygen atoms in total. The third-order valence-electron chi connectivity index (χ3n) is 1.92. The molecule has 0 unspecified atom stereocenters. The Labute approximate surface area is 175 Å². The van der Waals surface area contributed by atoms with E-state index < -0.39 is 10.0 Å². The van der Waals surface area contributed by atoms with E-state index in [1.54, 1.807) is 42.4 Å². The molecule has 0 aromatic rings. The van der Waals surface area contributed by atoms with Gasteiger partial charge in [-0.15, -0.1) is 0 Å². The molecular weight excluding hydrogens is 384 g/mol. The lowest BCUT2D eigenvalue weighted by Gasteiger charge is -2.02. The molecule has 0 aromatic heterocycles. The van der Waals surface area contributed by atoms with Gasteiger partial charge in [0.2, 0.25) is 21.8 Å². The Morgan fingerprint density at radius 3 is 0.750 bits per heavy atom. The van der Waals surface area contributed by atoms with Gasteiger partial charge in [-0.1, -0.05) is 13.8 Å². The van der Waals surface area contributed by atoms with Crippen molar-refractivity contribution in [2.75, 3.05) is 83.9 Å². The van der Waals surface area contributed by atoms with Gasteiger partial charge in [0.25, 0.3) is 0 Å². The number of amides is 2. The van der Waals surface area contributed by atoms with Gasteiger partial charge in [-0.05, 0) is 21.1 Å². The molecule has 0 spiro atoms. The number of rotatable bonds is 1. The van der Waals surface area contributed by atoms with Crippen molar-refractivity contribution in [3.05, 3.63) is 0 Å². The highest BCUT2D eigenvalue weighted by molar-refractivity contribution is 7.88. The quantitative estimate of drug-likeness (QED) is 0.618. The van der Waals surface area contributed by atoms with E-state index in [4.69, 9.17) is 0 Å². The first-order chi connectivity index (χ1) is 12.4. The van der Waals surface area contributed by atoms with Gasteiger partial charge in [-0.3, -0.25) is 9.59 Å². The molecule has 0 saturated carbocycles. The summed E-state index contributed by atoms with van der Waals surface area (Å²) in [4.78, 5) is 25.2. The summed E-state index contributed by atoms with van der Waals surface area (Å²) in [5, 5.41) is 0. The lowest BCUT2D eigenvalue weighted by molar-refractivity contribution is -0.127. The number of carbonyl (C=O) groups excluding carboxylic acids is 2. The number of carbonyl (C=O) groups is 2. The van der Waals surface area contributed by atoms with Gasteiger partial charge in [-0.2, -0.15) is 0 Å². The lowest BCUT2D eigenvalue weighted by atomic mass is 10.7. The van der Waals surface area contributed by atoms with Gasteiger partial charge in [0, 0.05) is 70.4 Å². The lowest BCUT2D eigenvalue weighted by Crippen LogP contribution is -2.19. The van der Waals surface area contributed by atoms with Crippen LogP contribution in [0.3, 0.4) is 0 Å². The van der Waals surface area contributed by atoms with Crippen molar-refractivity contribution in [2.45, 2.75) is 27.7 Å². The maximum Gasteiger partial charge on any atom is 0.218 e. The van der Waals surface area contributed by atoms with Crippen molar-refractivity contribution in [1.29, 1.82) is 0 Å². The minimum atomic E-state index is -2.91. The third kappa shape index (κ3) is 85.8. The highest BCUT2D eigenvalue weighted by Gasteiger charge is 2.00. The van der Waals surface area contributed by atoms with Crippen LogP contribution in [-0.4, -0.2) is 123 Å². The Kier molecular flexibility index (Phi) is 41.2. The van der Waals surface area contributed by atoms with Crippen LogP contribution in [0.4, 0.5) is 0 Å². The fourth-order valence-electron chi connectivity index (χ4n) is 0. The molecule has 0 aliphatic heterocycles. The smallest absolute Gasteiger partial charge is 0.218 e. The SMILES string of the molecule is CC.CC(=O)N(C)C.CC(=O)N(C)C.CN(C)C.CN(C)S(C)(=O)=O.COC. The summed E-state index contributed by atoms with van der Waals surface area (Å²) >= 11 is 0. The van der Waals surface area contributed by atoms with Crippen molar-refractivity contribution in [2.24, 2.45) is 0 Å². The molecule has 0 rings (SSSR count). The molecule has 28 heavy (non-hydrogen) atoms. The second-order valence-electron chi connectivity index (χ2n) is 6.12. The molecule has 0 saturated heterocycles. The zero-order valence-corrected chi connectivity index (χ0v) is 22.1. The minimum absolute atomic E-state index is 0.0926. The summed E-state index contributed by atoms with van der Waals surface area (Å²) in [7, 11) is 16.2. The van der Waals surface area contributed by atoms with Gasteiger partial charge in [0.1, 0.15) is 0 Å². The molecule has 0 aromatic carbocycles. The van der Waals surface area contributed by atoms with Crippen LogP contribution in [0.25, 0.3) is 0 Å². The highest BCUT2D eigenvalue weighted by atomic mass is 32.2. The summed E-state index contributed by atoms with van der Waals surface area (Å²) < 4.78 is 25.9. The summed E-state index contributed by atoms with van der Waals surface area (Å²) in [5.74, 6) is 0.185. The molecule has 0 radical (unpaired) electrons. The average Bonchev–Trinajstić information content (AvgIpc) is 2.49. The summed E-state index contributed by atoms with van der Waals surface area (Å²) in [5.41, 5.74) is 0. The molecule has 0 fully saturated rings. The Bertz CT molecular complexity index is 403. The van der Waals surface area contributed by atoms with Crippen molar-refractivity contribution in [3.63, 3.8) is 0 Å². The van der Waals surface area contributed by atoms with Gasteiger partial charge in [0.15, 0.2) is 0 Å².